The van der Waals surface area contributed by atoms with E-state index < -0.39 is 0 Å². The molecule has 0 aromatic carbocycles. The molecule has 29 heavy (non-hydrogen) atoms. The Morgan fingerprint density at radius 1 is 0.483 bits per heavy atom. The topological polar surface area (TPSA) is 0 Å². The van der Waals surface area contributed by atoms with Gasteiger partial charge in [0.15, 0.2) is 0 Å². The van der Waals surface area contributed by atoms with Crippen molar-refractivity contribution >= 4 is 0 Å². The highest BCUT2D eigenvalue weighted by molar-refractivity contribution is 5.06. The molecule has 0 N–H and O–H groups in total. The van der Waals surface area contributed by atoms with E-state index in [0.29, 0.717) is 0 Å². The second-order valence-corrected chi connectivity index (χ2v) is 11.4. The van der Waals surface area contributed by atoms with Gasteiger partial charge in [-0.3, -0.25) is 0 Å². The average Bonchev–Trinajstić information content (AvgIpc) is 3.31. The van der Waals surface area contributed by atoms with Gasteiger partial charge in [-0.15, -0.1) is 0 Å². The van der Waals surface area contributed by atoms with Crippen molar-refractivity contribution in [2.24, 2.45) is 46.3 Å². The van der Waals surface area contributed by atoms with Crippen LogP contribution in [0.4, 0.5) is 0 Å². The maximum atomic E-state index is 2.43. The van der Waals surface area contributed by atoms with Gasteiger partial charge in [-0.05, 0) is 104 Å². The fraction of sp³-hybridized carbons (Fsp3) is 1.00. The van der Waals surface area contributed by atoms with Crippen LogP contribution in [0.25, 0.3) is 0 Å². The first kappa shape index (κ1) is 29.0. The Labute approximate surface area is 187 Å². The lowest BCUT2D eigenvalue weighted by Gasteiger charge is -2.32. The molecule has 0 aromatic heterocycles. The third-order valence-corrected chi connectivity index (χ3v) is 9.10. The predicted molar refractivity (Wildman–Crippen MR) is 135 cm³/mol. The van der Waals surface area contributed by atoms with Crippen LogP contribution in [-0.4, -0.2) is 0 Å². The molecule has 3 aliphatic rings. The SMILES string of the molecule is CC.CC.CC(C)C12CCC(C(C)C)(CC1)C2.CC(C)C1CCC(C(C)C)CC1. The van der Waals surface area contributed by atoms with Gasteiger partial charge < -0.3 is 0 Å². The summed E-state index contributed by atoms with van der Waals surface area (Å²) < 4.78 is 0. The highest BCUT2D eigenvalue weighted by atomic mass is 14.6. The van der Waals surface area contributed by atoms with E-state index in [-0.39, 0.29) is 0 Å². The molecule has 2 bridgehead atoms. The van der Waals surface area contributed by atoms with Crippen LogP contribution < -0.4 is 0 Å². The molecule has 0 aliphatic heterocycles. The van der Waals surface area contributed by atoms with Gasteiger partial charge in [0, 0.05) is 0 Å². The molecule has 0 nitrogen and oxygen atoms in total. The lowest BCUT2D eigenvalue weighted by molar-refractivity contribution is 0.189. The van der Waals surface area contributed by atoms with E-state index in [0.717, 1.165) is 46.3 Å². The molecule has 0 unspecified atom stereocenters. The van der Waals surface area contributed by atoms with Gasteiger partial charge in [-0.1, -0.05) is 83.1 Å². The minimum Gasteiger partial charge on any atom is -0.0683 e. The Morgan fingerprint density at radius 2 is 0.724 bits per heavy atom. The van der Waals surface area contributed by atoms with E-state index in [2.05, 4.69) is 55.4 Å². The van der Waals surface area contributed by atoms with Crippen molar-refractivity contribution in [3.05, 3.63) is 0 Å². The molecule has 0 radical (unpaired) electrons. The Hall–Kier alpha value is 0. The Kier molecular flexibility index (Phi) is 13.4. The van der Waals surface area contributed by atoms with Crippen molar-refractivity contribution in [2.75, 3.05) is 0 Å². The van der Waals surface area contributed by atoms with Crippen LogP contribution in [0.1, 0.15) is 141 Å². The summed E-state index contributed by atoms with van der Waals surface area (Å²) in [6, 6.07) is 0. The Bertz CT molecular complexity index is 346. The minimum absolute atomic E-state index is 0.754. The summed E-state index contributed by atoms with van der Waals surface area (Å²) in [5, 5.41) is 0. The zero-order chi connectivity index (χ0) is 22.8. The maximum Gasteiger partial charge on any atom is -0.0269 e. The minimum atomic E-state index is 0.754. The summed E-state index contributed by atoms with van der Waals surface area (Å²) in [7, 11) is 0. The molecule has 3 saturated carbocycles. The first-order valence-corrected chi connectivity index (χ1v) is 13.6. The molecule has 3 fully saturated rings. The normalized spacial score (nSPS) is 33.1. The van der Waals surface area contributed by atoms with Gasteiger partial charge in [0.25, 0.3) is 0 Å². The second kappa shape index (κ2) is 13.4. The molecule has 0 spiro atoms. The summed E-state index contributed by atoms with van der Waals surface area (Å²) >= 11 is 0. The van der Waals surface area contributed by atoms with E-state index >= 15 is 0 Å². The van der Waals surface area contributed by atoms with E-state index in [1.807, 2.05) is 27.7 Å². The smallest absolute Gasteiger partial charge is 0.0269 e. The summed E-state index contributed by atoms with van der Waals surface area (Å²) in [6.45, 7) is 27.2. The van der Waals surface area contributed by atoms with E-state index in [9.17, 15) is 0 Å². The molecule has 0 atom stereocenters. The fourth-order valence-electron chi connectivity index (χ4n) is 6.34. The molecule has 0 aromatic rings. The van der Waals surface area contributed by atoms with Crippen LogP contribution in [0.15, 0.2) is 0 Å². The van der Waals surface area contributed by atoms with Crippen LogP contribution in [0.5, 0.6) is 0 Å². The fourth-order valence-corrected chi connectivity index (χ4v) is 6.34. The molecular weight excluding hydrogens is 348 g/mol. The zero-order valence-corrected chi connectivity index (χ0v) is 22.8. The number of hydrogen-bond donors (Lipinski definition) is 0. The Morgan fingerprint density at radius 3 is 0.862 bits per heavy atom. The predicted octanol–water partition coefficient (Wildman–Crippen LogP) is 10.4. The number of rotatable bonds is 4. The van der Waals surface area contributed by atoms with E-state index in [1.165, 1.54) is 57.8 Å². The number of hydrogen-bond acceptors (Lipinski definition) is 0. The first-order valence-electron chi connectivity index (χ1n) is 13.6. The van der Waals surface area contributed by atoms with Crippen molar-refractivity contribution in [1.82, 2.24) is 0 Å². The lowest BCUT2D eigenvalue weighted by atomic mass is 9.73. The molecular formula is C29H60. The third kappa shape index (κ3) is 7.57. The van der Waals surface area contributed by atoms with Gasteiger partial charge in [0.2, 0.25) is 0 Å². The third-order valence-electron chi connectivity index (χ3n) is 9.10. The van der Waals surface area contributed by atoms with Gasteiger partial charge >= 0.3 is 0 Å². The zero-order valence-electron chi connectivity index (χ0n) is 22.8. The van der Waals surface area contributed by atoms with E-state index in [4.69, 9.17) is 0 Å². The van der Waals surface area contributed by atoms with Crippen molar-refractivity contribution in [3.8, 4) is 0 Å². The van der Waals surface area contributed by atoms with Gasteiger partial charge in [0.1, 0.15) is 0 Å². The van der Waals surface area contributed by atoms with Gasteiger partial charge in [-0.2, -0.15) is 0 Å². The molecule has 0 amide bonds. The summed E-state index contributed by atoms with van der Waals surface area (Å²) in [5.74, 6) is 5.71. The largest absolute Gasteiger partial charge is 0.0683 e. The molecule has 176 valence electrons. The highest BCUT2D eigenvalue weighted by Crippen LogP contribution is 2.66. The van der Waals surface area contributed by atoms with Crippen molar-refractivity contribution in [2.45, 2.75) is 141 Å². The van der Waals surface area contributed by atoms with Crippen LogP contribution in [0.3, 0.4) is 0 Å². The van der Waals surface area contributed by atoms with Gasteiger partial charge in [0.05, 0.1) is 0 Å². The van der Waals surface area contributed by atoms with E-state index in [1.54, 1.807) is 0 Å². The molecule has 0 heterocycles. The summed E-state index contributed by atoms with van der Waals surface area (Å²) in [4.78, 5) is 0. The van der Waals surface area contributed by atoms with Gasteiger partial charge in [-0.25, -0.2) is 0 Å². The van der Waals surface area contributed by atoms with Crippen LogP contribution >= 0.6 is 0 Å². The number of fused-ring (bicyclic) bond motifs is 2. The average molecular weight is 409 g/mol. The molecule has 3 rings (SSSR count). The van der Waals surface area contributed by atoms with Crippen molar-refractivity contribution < 1.29 is 0 Å². The monoisotopic (exact) mass is 408 g/mol. The summed E-state index contributed by atoms with van der Waals surface area (Å²) in [6.07, 6.45) is 13.6. The van der Waals surface area contributed by atoms with Crippen molar-refractivity contribution in [3.63, 3.8) is 0 Å². The standard InChI is InChI=1S/C13H24.C12H24.2C2H6/c1-10(2)12-5-7-13(9-12,8-6-12)11(3)4;1-9(2)11-5-7-12(8-6-11)10(3)4;2*1-2/h10-11H,5-9H2,1-4H3;9-12H,5-8H2,1-4H3;2*1-2H3. The maximum absolute atomic E-state index is 2.43. The van der Waals surface area contributed by atoms with Crippen LogP contribution in [0, 0.1) is 46.3 Å². The quantitative estimate of drug-likeness (QED) is 0.434. The Balaban J connectivity index is 0.000000463. The molecule has 0 saturated heterocycles. The van der Waals surface area contributed by atoms with Crippen molar-refractivity contribution in [1.29, 1.82) is 0 Å². The highest BCUT2D eigenvalue weighted by Gasteiger charge is 2.56. The lowest BCUT2D eigenvalue weighted by Crippen LogP contribution is -2.21. The summed E-state index contributed by atoms with van der Waals surface area (Å²) in [5.41, 5.74) is 1.51. The molecule has 3 aliphatic carbocycles. The second-order valence-electron chi connectivity index (χ2n) is 11.4. The van der Waals surface area contributed by atoms with Crippen LogP contribution in [0.2, 0.25) is 0 Å². The first-order chi connectivity index (χ1) is 13.6. The van der Waals surface area contributed by atoms with Crippen LogP contribution in [-0.2, 0) is 0 Å². The molecule has 0 heteroatoms.